The number of hydrogen-bond donors (Lipinski definition) is 1. The van der Waals surface area contributed by atoms with Gasteiger partial charge in [-0.2, -0.15) is 0 Å². The zero-order chi connectivity index (χ0) is 13.9. The summed E-state index contributed by atoms with van der Waals surface area (Å²) in [5.41, 5.74) is 2.80. The Morgan fingerprint density at radius 2 is 2.30 bits per heavy atom. The lowest BCUT2D eigenvalue weighted by Gasteiger charge is -2.23. The molecule has 1 aromatic carbocycles. The lowest BCUT2D eigenvalue weighted by atomic mass is 9.94. The minimum Gasteiger partial charge on any atom is -0.497 e. The molecule has 20 heavy (non-hydrogen) atoms. The van der Waals surface area contributed by atoms with Gasteiger partial charge in [-0.1, -0.05) is 12.1 Å². The van der Waals surface area contributed by atoms with Crippen LogP contribution in [0.5, 0.6) is 5.75 Å². The molecular formula is C16H18INOS. The Bertz CT molecular complexity index is 596. The molecular weight excluding hydrogens is 381 g/mol. The molecule has 4 heteroatoms. The van der Waals surface area contributed by atoms with Crippen molar-refractivity contribution in [1.82, 2.24) is 5.32 Å². The Hall–Kier alpha value is -0.590. The highest BCUT2D eigenvalue weighted by molar-refractivity contribution is 14.1. The Balaban J connectivity index is 1.69. The van der Waals surface area contributed by atoms with E-state index in [1.54, 1.807) is 12.0 Å². The molecule has 0 spiro atoms. The van der Waals surface area contributed by atoms with Gasteiger partial charge in [-0.3, -0.25) is 0 Å². The maximum absolute atomic E-state index is 5.28. The third-order valence-electron chi connectivity index (χ3n) is 3.77. The van der Waals surface area contributed by atoms with Gasteiger partial charge in [0.05, 0.1) is 9.99 Å². The summed E-state index contributed by atoms with van der Waals surface area (Å²) in [7, 11) is 1.72. The molecule has 1 atom stereocenters. The van der Waals surface area contributed by atoms with Crippen molar-refractivity contribution in [1.29, 1.82) is 0 Å². The van der Waals surface area contributed by atoms with Crippen LogP contribution in [0.15, 0.2) is 30.3 Å². The number of fused-ring (bicyclic) bond motifs is 1. The fraction of sp³-hybridized carbons (Fsp3) is 0.375. The van der Waals surface area contributed by atoms with Crippen molar-refractivity contribution < 1.29 is 4.74 Å². The largest absolute Gasteiger partial charge is 0.497 e. The summed E-state index contributed by atoms with van der Waals surface area (Å²) in [5.74, 6) is 0.929. The average molecular weight is 399 g/mol. The highest BCUT2D eigenvalue weighted by atomic mass is 127. The van der Waals surface area contributed by atoms with Gasteiger partial charge in [0.2, 0.25) is 0 Å². The topological polar surface area (TPSA) is 21.3 Å². The van der Waals surface area contributed by atoms with Crippen molar-refractivity contribution in [3.63, 3.8) is 0 Å². The van der Waals surface area contributed by atoms with Crippen molar-refractivity contribution in [3.05, 3.63) is 49.2 Å². The second-order valence-corrected chi connectivity index (χ2v) is 8.14. The normalized spacial score (nSPS) is 17.8. The van der Waals surface area contributed by atoms with Gasteiger partial charge in [0, 0.05) is 17.5 Å². The number of aryl methyl sites for hydroxylation is 1. The molecule has 1 heterocycles. The van der Waals surface area contributed by atoms with Crippen molar-refractivity contribution in [2.24, 2.45) is 0 Å². The van der Waals surface area contributed by atoms with Gasteiger partial charge >= 0.3 is 0 Å². The molecule has 0 bridgehead atoms. The summed E-state index contributed by atoms with van der Waals surface area (Å²) in [5, 5.41) is 3.71. The molecule has 2 nitrogen and oxygen atoms in total. The average Bonchev–Trinajstić information content (AvgIpc) is 2.86. The van der Waals surface area contributed by atoms with Crippen LogP contribution in [0, 0.1) is 2.88 Å². The standard InChI is InChI=1S/C16H18INOS/c1-19-12-5-2-4-11(8-12)10-18-14-6-3-7-15-13(14)9-16(17)20-15/h2,4-5,8-9,14,18H,3,6-7,10H2,1H3. The SMILES string of the molecule is COc1cccc(CNC2CCCc3sc(I)cc32)c1. The summed E-state index contributed by atoms with van der Waals surface area (Å²) < 4.78 is 6.68. The number of hydrogen-bond acceptors (Lipinski definition) is 3. The van der Waals surface area contributed by atoms with E-state index in [2.05, 4.69) is 52.2 Å². The summed E-state index contributed by atoms with van der Waals surface area (Å²) in [6, 6.07) is 11.2. The molecule has 0 radical (unpaired) electrons. The molecule has 106 valence electrons. The van der Waals surface area contributed by atoms with E-state index in [4.69, 9.17) is 4.74 Å². The molecule has 0 amide bonds. The van der Waals surface area contributed by atoms with Crippen molar-refractivity contribution in [2.45, 2.75) is 31.8 Å². The number of thiophene rings is 1. The second kappa shape index (κ2) is 6.45. The number of ether oxygens (including phenoxy) is 1. The van der Waals surface area contributed by atoms with Crippen LogP contribution in [0.2, 0.25) is 0 Å². The van der Waals surface area contributed by atoms with Crippen LogP contribution >= 0.6 is 33.9 Å². The molecule has 1 N–H and O–H groups in total. The predicted octanol–water partition coefficient (Wildman–Crippen LogP) is 4.53. The number of nitrogens with one attached hydrogen (secondary N) is 1. The van der Waals surface area contributed by atoms with Crippen LogP contribution in [0.4, 0.5) is 0 Å². The first-order valence-electron chi connectivity index (χ1n) is 6.90. The molecule has 0 saturated carbocycles. The first-order valence-corrected chi connectivity index (χ1v) is 8.80. The smallest absolute Gasteiger partial charge is 0.119 e. The lowest BCUT2D eigenvalue weighted by molar-refractivity contribution is 0.413. The Morgan fingerprint density at radius 1 is 1.40 bits per heavy atom. The Kier molecular flexibility index (Phi) is 4.63. The summed E-state index contributed by atoms with van der Waals surface area (Å²) in [4.78, 5) is 1.57. The highest BCUT2D eigenvalue weighted by Gasteiger charge is 2.22. The van der Waals surface area contributed by atoms with Crippen LogP contribution in [-0.4, -0.2) is 7.11 Å². The highest BCUT2D eigenvalue weighted by Crippen LogP contribution is 2.36. The van der Waals surface area contributed by atoms with Crippen LogP contribution < -0.4 is 10.1 Å². The third-order valence-corrected chi connectivity index (χ3v) is 5.74. The van der Waals surface area contributed by atoms with Crippen molar-refractivity contribution in [3.8, 4) is 5.75 Å². The van der Waals surface area contributed by atoms with Gasteiger partial charge in [0.1, 0.15) is 5.75 Å². The minimum absolute atomic E-state index is 0.504. The molecule has 2 aromatic rings. The van der Waals surface area contributed by atoms with E-state index < -0.39 is 0 Å². The molecule has 1 aliphatic rings. The van der Waals surface area contributed by atoms with Gasteiger partial charge in [-0.25, -0.2) is 0 Å². The summed E-state index contributed by atoms with van der Waals surface area (Å²) in [6.07, 6.45) is 3.78. The van der Waals surface area contributed by atoms with Crippen LogP contribution in [0.25, 0.3) is 0 Å². The first kappa shape index (κ1) is 14.4. The van der Waals surface area contributed by atoms with Crippen LogP contribution in [-0.2, 0) is 13.0 Å². The summed E-state index contributed by atoms with van der Waals surface area (Å²) in [6.45, 7) is 0.897. The van der Waals surface area contributed by atoms with Gasteiger partial charge in [-0.15, -0.1) is 11.3 Å². The molecule has 1 unspecified atom stereocenters. The molecule has 3 rings (SSSR count). The van der Waals surface area contributed by atoms with Gasteiger partial charge < -0.3 is 10.1 Å². The quantitative estimate of drug-likeness (QED) is 0.763. The van der Waals surface area contributed by atoms with Gasteiger partial charge in [0.25, 0.3) is 0 Å². The zero-order valence-electron chi connectivity index (χ0n) is 11.5. The Morgan fingerprint density at radius 3 is 3.15 bits per heavy atom. The number of methoxy groups -OCH3 is 1. The van der Waals surface area contributed by atoms with Crippen LogP contribution in [0.1, 0.15) is 34.9 Å². The fourth-order valence-corrected chi connectivity index (χ4v) is 4.88. The van der Waals surface area contributed by atoms with Crippen LogP contribution in [0.3, 0.4) is 0 Å². The lowest BCUT2D eigenvalue weighted by Crippen LogP contribution is -2.23. The minimum atomic E-state index is 0.504. The second-order valence-electron chi connectivity index (χ2n) is 5.11. The van der Waals surface area contributed by atoms with E-state index in [1.807, 2.05) is 17.4 Å². The van der Waals surface area contributed by atoms with Crippen molar-refractivity contribution >= 4 is 33.9 Å². The van der Waals surface area contributed by atoms with Gasteiger partial charge in [-0.05, 0) is 71.2 Å². The number of halogens is 1. The van der Waals surface area contributed by atoms with Gasteiger partial charge in [0.15, 0.2) is 0 Å². The van der Waals surface area contributed by atoms with E-state index >= 15 is 0 Å². The van der Waals surface area contributed by atoms with E-state index in [-0.39, 0.29) is 0 Å². The van der Waals surface area contributed by atoms with E-state index in [1.165, 1.54) is 33.3 Å². The molecule has 0 saturated heterocycles. The van der Waals surface area contributed by atoms with Crippen molar-refractivity contribution in [2.75, 3.05) is 7.11 Å². The first-order chi connectivity index (χ1) is 9.76. The predicted molar refractivity (Wildman–Crippen MR) is 92.5 cm³/mol. The van der Waals surface area contributed by atoms with E-state index in [9.17, 15) is 0 Å². The molecule has 0 fully saturated rings. The van der Waals surface area contributed by atoms with E-state index in [0.29, 0.717) is 6.04 Å². The third kappa shape index (κ3) is 3.18. The molecule has 1 aliphatic carbocycles. The summed E-state index contributed by atoms with van der Waals surface area (Å²) >= 11 is 4.38. The Labute approximate surface area is 137 Å². The fourth-order valence-electron chi connectivity index (χ4n) is 2.76. The zero-order valence-corrected chi connectivity index (χ0v) is 14.5. The number of rotatable bonds is 4. The van der Waals surface area contributed by atoms with E-state index in [0.717, 1.165) is 12.3 Å². The molecule has 1 aromatic heterocycles. The monoisotopic (exact) mass is 399 g/mol. The maximum atomic E-state index is 5.28. The number of benzene rings is 1. The maximum Gasteiger partial charge on any atom is 0.119 e. The molecule has 0 aliphatic heterocycles.